The van der Waals surface area contributed by atoms with Crippen LogP contribution >= 0.6 is 12.4 Å². The maximum atomic E-state index is 3.36. The standard InChI is InChI=1S/C9H18N2.ClH/c1-9(7-10-8-9)11-5-3-2-4-6-11;/h10H,2-8H2,1H3;1H. The Morgan fingerprint density at radius 1 is 1.08 bits per heavy atom. The van der Waals surface area contributed by atoms with E-state index in [0.29, 0.717) is 5.54 Å². The Bertz CT molecular complexity index is 139. The molecule has 0 atom stereocenters. The van der Waals surface area contributed by atoms with Gasteiger partial charge in [0.05, 0.1) is 0 Å². The van der Waals surface area contributed by atoms with Crippen LogP contribution in [0.25, 0.3) is 0 Å². The summed E-state index contributed by atoms with van der Waals surface area (Å²) in [6.07, 6.45) is 4.27. The largest absolute Gasteiger partial charge is 0.313 e. The normalized spacial score (nSPS) is 28.8. The van der Waals surface area contributed by atoms with E-state index in [1.165, 1.54) is 45.4 Å². The van der Waals surface area contributed by atoms with E-state index in [4.69, 9.17) is 0 Å². The van der Waals surface area contributed by atoms with Crippen LogP contribution in [0.5, 0.6) is 0 Å². The van der Waals surface area contributed by atoms with E-state index in [1.54, 1.807) is 0 Å². The van der Waals surface area contributed by atoms with Crippen LogP contribution in [0.4, 0.5) is 0 Å². The van der Waals surface area contributed by atoms with Gasteiger partial charge in [0.2, 0.25) is 0 Å². The number of hydrogen-bond acceptors (Lipinski definition) is 2. The second-order valence-corrected chi connectivity index (χ2v) is 4.15. The molecule has 72 valence electrons. The van der Waals surface area contributed by atoms with Crippen LogP contribution in [0.15, 0.2) is 0 Å². The zero-order valence-electron chi connectivity index (χ0n) is 7.81. The molecule has 0 saturated carbocycles. The molecule has 0 aliphatic carbocycles. The van der Waals surface area contributed by atoms with Crippen molar-refractivity contribution >= 4 is 12.4 Å². The van der Waals surface area contributed by atoms with Crippen molar-refractivity contribution in [2.75, 3.05) is 26.2 Å². The van der Waals surface area contributed by atoms with E-state index in [0.717, 1.165) is 0 Å². The van der Waals surface area contributed by atoms with Gasteiger partial charge in [-0.1, -0.05) is 6.42 Å². The third-order valence-electron chi connectivity index (χ3n) is 3.13. The Labute approximate surface area is 81.1 Å². The van der Waals surface area contributed by atoms with Crippen LogP contribution in [0.1, 0.15) is 26.2 Å². The van der Waals surface area contributed by atoms with Gasteiger partial charge in [0.15, 0.2) is 0 Å². The van der Waals surface area contributed by atoms with Crippen molar-refractivity contribution in [2.45, 2.75) is 31.7 Å². The first kappa shape index (κ1) is 10.3. The predicted molar refractivity (Wildman–Crippen MR) is 53.9 cm³/mol. The van der Waals surface area contributed by atoms with Gasteiger partial charge in [0.25, 0.3) is 0 Å². The molecule has 0 bridgehead atoms. The molecule has 0 aromatic heterocycles. The van der Waals surface area contributed by atoms with Gasteiger partial charge >= 0.3 is 0 Å². The number of likely N-dealkylation sites (tertiary alicyclic amines) is 1. The number of hydrogen-bond donors (Lipinski definition) is 1. The summed E-state index contributed by atoms with van der Waals surface area (Å²) in [5.41, 5.74) is 0.514. The lowest BCUT2D eigenvalue weighted by Crippen LogP contribution is -2.67. The molecule has 2 nitrogen and oxygen atoms in total. The molecule has 0 spiro atoms. The molecule has 0 unspecified atom stereocenters. The molecule has 0 aromatic rings. The molecule has 12 heavy (non-hydrogen) atoms. The molecule has 3 heteroatoms. The number of rotatable bonds is 1. The lowest BCUT2D eigenvalue weighted by Gasteiger charge is -2.49. The van der Waals surface area contributed by atoms with Gasteiger partial charge < -0.3 is 5.32 Å². The first-order valence-corrected chi connectivity index (χ1v) is 4.77. The van der Waals surface area contributed by atoms with E-state index in [1.807, 2.05) is 0 Å². The summed E-state index contributed by atoms with van der Waals surface area (Å²) in [6, 6.07) is 0. The molecule has 0 amide bonds. The van der Waals surface area contributed by atoms with Gasteiger partial charge in [-0.15, -0.1) is 12.4 Å². The Hall–Kier alpha value is 0.210. The smallest absolute Gasteiger partial charge is 0.0429 e. The molecule has 2 saturated heterocycles. The van der Waals surface area contributed by atoms with Gasteiger partial charge in [0, 0.05) is 18.6 Å². The van der Waals surface area contributed by atoms with Crippen LogP contribution < -0.4 is 5.32 Å². The second-order valence-electron chi connectivity index (χ2n) is 4.15. The van der Waals surface area contributed by atoms with E-state index >= 15 is 0 Å². The highest BCUT2D eigenvalue weighted by atomic mass is 35.5. The number of nitrogens with zero attached hydrogens (tertiary/aromatic N) is 1. The van der Waals surface area contributed by atoms with Crippen LogP contribution in [-0.4, -0.2) is 36.6 Å². The summed E-state index contributed by atoms with van der Waals surface area (Å²) in [5, 5.41) is 3.36. The molecular formula is C9H19ClN2. The molecule has 2 fully saturated rings. The van der Waals surface area contributed by atoms with Crippen molar-refractivity contribution in [3.8, 4) is 0 Å². The van der Waals surface area contributed by atoms with Crippen LogP contribution in [0.3, 0.4) is 0 Å². The minimum absolute atomic E-state index is 0. The highest BCUT2D eigenvalue weighted by Gasteiger charge is 2.37. The minimum atomic E-state index is 0. The number of halogens is 1. The van der Waals surface area contributed by atoms with E-state index in [2.05, 4.69) is 17.1 Å². The number of piperidine rings is 1. The van der Waals surface area contributed by atoms with Crippen LogP contribution in [-0.2, 0) is 0 Å². The summed E-state index contributed by atoms with van der Waals surface area (Å²) in [5.74, 6) is 0. The molecule has 0 radical (unpaired) electrons. The van der Waals surface area contributed by atoms with E-state index < -0.39 is 0 Å². The highest BCUT2D eigenvalue weighted by molar-refractivity contribution is 5.85. The summed E-state index contributed by atoms with van der Waals surface area (Å²) < 4.78 is 0. The van der Waals surface area contributed by atoms with Gasteiger partial charge in [-0.25, -0.2) is 0 Å². The maximum absolute atomic E-state index is 3.36. The fraction of sp³-hybridized carbons (Fsp3) is 1.00. The second kappa shape index (κ2) is 3.95. The zero-order valence-corrected chi connectivity index (χ0v) is 8.62. The van der Waals surface area contributed by atoms with Crippen molar-refractivity contribution in [2.24, 2.45) is 0 Å². The number of nitrogens with one attached hydrogen (secondary N) is 1. The fourth-order valence-electron chi connectivity index (χ4n) is 2.14. The third-order valence-corrected chi connectivity index (χ3v) is 3.13. The third kappa shape index (κ3) is 1.76. The topological polar surface area (TPSA) is 15.3 Å². The average Bonchev–Trinajstić information content (AvgIpc) is 2.02. The molecule has 2 rings (SSSR count). The quantitative estimate of drug-likeness (QED) is 0.670. The lowest BCUT2D eigenvalue weighted by molar-refractivity contribution is 0.0373. The monoisotopic (exact) mass is 190 g/mol. The summed E-state index contributed by atoms with van der Waals surface area (Å²) >= 11 is 0. The fourth-order valence-corrected chi connectivity index (χ4v) is 2.14. The van der Waals surface area contributed by atoms with Crippen LogP contribution in [0, 0.1) is 0 Å². The molecule has 1 N–H and O–H groups in total. The Morgan fingerprint density at radius 3 is 2.08 bits per heavy atom. The minimum Gasteiger partial charge on any atom is -0.313 e. The molecule has 2 heterocycles. The SMILES string of the molecule is CC1(N2CCCCC2)CNC1.Cl. The summed E-state index contributed by atoms with van der Waals surface area (Å²) in [7, 11) is 0. The van der Waals surface area contributed by atoms with Gasteiger partial charge in [-0.05, 0) is 32.9 Å². The lowest BCUT2D eigenvalue weighted by atomic mass is 9.90. The van der Waals surface area contributed by atoms with Crippen molar-refractivity contribution in [1.29, 1.82) is 0 Å². The zero-order chi connectivity index (χ0) is 7.73. The Morgan fingerprint density at radius 2 is 1.67 bits per heavy atom. The molecule has 0 aromatic carbocycles. The average molecular weight is 191 g/mol. The van der Waals surface area contributed by atoms with E-state index in [9.17, 15) is 0 Å². The predicted octanol–water partition coefficient (Wildman–Crippen LogP) is 1.26. The molecule has 2 aliphatic rings. The first-order valence-electron chi connectivity index (χ1n) is 4.77. The first-order chi connectivity index (χ1) is 5.31. The molecular weight excluding hydrogens is 172 g/mol. The molecule has 2 aliphatic heterocycles. The van der Waals surface area contributed by atoms with Crippen molar-refractivity contribution in [3.05, 3.63) is 0 Å². The van der Waals surface area contributed by atoms with Crippen LogP contribution in [0.2, 0.25) is 0 Å². The van der Waals surface area contributed by atoms with E-state index in [-0.39, 0.29) is 12.4 Å². The maximum Gasteiger partial charge on any atom is 0.0429 e. The Balaban J connectivity index is 0.000000720. The van der Waals surface area contributed by atoms with Gasteiger partial charge in [-0.3, -0.25) is 4.90 Å². The van der Waals surface area contributed by atoms with Crippen molar-refractivity contribution in [1.82, 2.24) is 10.2 Å². The van der Waals surface area contributed by atoms with Crippen molar-refractivity contribution < 1.29 is 0 Å². The highest BCUT2D eigenvalue weighted by Crippen LogP contribution is 2.23. The van der Waals surface area contributed by atoms with Gasteiger partial charge in [-0.2, -0.15) is 0 Å². The Kier molecular flexibility index (Phi) is 3.38. The summed E-state index contributed by atoms with van der Waals surface area (Å²) in [6.45, 7) is 7.45. The van der Waals surface area contributed by atoms with Gasteiger partial charge in [0.1, 0.15) is 0 Å². The summed E-state index contributed by atoms with van der Waals surface area (Å²) in [4.78, 5) is 2.66. The van der Waals surface area contributed by atoms with Crippen molar-refractivity contribution in [3.63, 3.8) is 0 Å².